The number of carbonyl (C=O) groups is 1. The molecule has 2 aromatic heterocycles. The van der Waals surface area contributed by atoms with Crippen molar-refractivity contribution in [2.45, 2.75) is 10.7 Å². The lowest BCUT2D eigenvalue weighted by Gasteiger charge is -2.34. The van der Waals surface area contributed by atoms with Crippen molar-refractivity contribution in [1.82, 2.24) is 14.9 Å². The summed E-state index contributed by atoms with van der Waals surface area (Å²) in [5.74, 6) is -2.54. The van der Waals surface area contributed by atoms with Gasteiger partial charge >= 0.3 is 0 Å². The number of benzene rings is 1. The first-order chi connectivity index (χ1) is 13.1. The fourth-order valence-electron chi connectivity index (χ4n) is 2.96. The van der Waals surface area contributed by atoms with E-state index >= 15 is 0 Å². The Labute approximate surface area is 163 Å². The predicted octanol–water partition coefficient (Wildman–Crippen LogP) is 3.97. The molecule has 140 valence electrons. The van der Waals surface area contributed by atoms with Crippen LogP contribution in [0.5, 0.6) is 0 Å². The number of thioether (sulfide) groups is 1. The van der Waals surface area contributed by atoms with Crippen molar-refractivity contribution in [2.24, 2.45) is 0 Å². The topological polar surface area (TPSA) is 49.3 Å². The van der Waals surface area contributed by atoms with Crippen molar-refractivity contribution < 1.29 is 13.6 Å². The molecule has 0 N–H and O–H groups in total. The molecule has 3 heterocycles. The number of anilines is 1. The van der Waals surface area contributed by atoms with Crippen molar-refractivity contribution in [2.75, 3.05) is 31.1 Å². The van der Waals surface area contributed by atoms with E-state index in [1.54, 1.807) is 46.7 Å². The standard InChI is InChI=1S/C18H16F2N4OS2/c19-17(20)26-13-5-3-12(4-6-13)16(25)23-8-10-24(11-9-23)18-22-14-2-1-7-21-15(14)27-18/h1-7,17H,8-11H2. The highest BCUT2D eigenvalue weighted by molar-refractivity contribution is 7.99. The van der Waals surface area contributed by atoms with Crippen molar-refractivity contribution in [1.29, 1.82) is 0 Å². The third-order valence-corrected chi connectivity index (χ3v) is 6.08. The molecule has 1 fully saturated rings. The lowest BCUT2D eigenvalue weighted by Crippen LogP contribution is -2.48. The fourth-order valence-corrected chi connectivity index (χ4v) is 4.42. The van der Waals surface area contributed by atoms with Crippen molar-refractivity contribution >= 4 is 44.5 Å². The lowest BCUT2D eigenvalue weighted by molar-refractivity contribution is 0.0746. The third kappa shape index (κ3) is 4.03. The van der Waals surface area contributed by atoms with Crippen molar-refractivity contribution in [3.8, 4) is 0 Å². The van der Waals surface area contributed by atoms with Crippen LogP contribution in [0.1, 0.15) is 10.4 Å². The molecule has 1 amide bonds. The molecule has 1 aliphatic heterocycles. The maximum absolute atomic E-state index is 12.6. The van der Waals surface area contributed by atoms with Gasteiger partial charge in [0, 0.05) is 42.8 Å². The molecule has 1 aliphatic rings. The minimum Gasteiger partial charge on any atom is -0.344 e. The van der Waals surface area contributed by atoms with Gasteiger partial charge in [0.1, 0.15) is 10.3 Å². The van der Waals surface area contributed by atoms with Gasteiger partial charge in [-0.3, -0.25) is 4.79 Å². The molecule has 1 aromatic carbocycles. The molecule has 0 aliphatic carbocycles. The van der Waals surface area contributed by atoms with Gasteiger partial charge in [0.25, 0.3) is 11.7 Å². The Morgan fingerprint density at radius 1 is 1.11 bits per heavy atom. The summed E-state index contributed by atoms with van der Waals surface area (Å²) in [4.78, 5) is 26.9. The molecule has 9 heteroatoms. The van der Waals surface area contributed by atoms with Gasteiger partial charge in [-0.1, -0.05) is 23.1 Å². The van der Waals surface area contributed by atoms with E-state index in [2.05, 4.69) is 14.9 Å². The smallest absolute Gasteiger partial charge is 0.288 e. The second kappa shape index (κ2) is 7.77. The van der Waals surface area contributed by atoms with Crippen LogP contribution in [0.25, 0.3) is 10.3 Å². The Bertz CT molecular complexity index is 907. The first kappa shape index (κ1) is 18.1. The van der Waals surface area contributed by atoms with E-state index in [9.17, 15) is 13.6 Å². The quantitative estimate of drug-likeness (QED) is 0.614. The van der Waals surface area contributed by atoms with Crippen LogP contribution in [-0.2, 0) is 0 Å². The molecule has 0 atom stereocenters. The van der Waals surface area contributed by atoms with Crippen LogP contribution < -0.4 is 4.90 Å². The van der Waals surface area contributed by atoms with E-state index in [0.29, 0.717) is 48.4 Å². The summed E-state index contributed by atoms with van der Waals surface area (Å²) in [6.07, 6.45) is 1.76. The third-order valence-electron chi connectivity index (χ3n) is 4.32. The van der Waals surface area contributed by atoms with Crippen molar-refractivity contribution in [3.63, 3.8) is 0 Å². The summed E-state index contributed by atoms with van der Waals surface area (Å²) in [5.41, 5.74) is 1.41. The van der Waals surface area contributed by atoms with Gasteiger partial charge in [-0.25, -0.2) is 9.97 Å². The first-order valence-corrected chi connectivity index (χ1v) is 10.1. The molecular weight excluding hydrogens is 390 g/mol. The number of halogens is 2. The van der Waals surface area contributed by atoms with E-state index in [4.69, 9.17) is 0 Å². The highest BCUT2D eigenvalue weighted by Crippen LogP contribution is 2.28. The molecule has 0 bridgehead atoms. The summed E-state index contributed by atoms with van der Waals surface area (Å²) in [6, 6.07) is 10.2. The summed E-state index contributed by atoms with van der Waals surface area (Å²) < 4.78 is 24.8. The van der Waals surface area contributed by atoms with E-state index in [-0.39, 0.29) is 5.91 Å². The predicted molar refractivity (Wildman–Crippen MR) is 104 cm³/mol. The van der Waals surface area contributed by atoms with E-state index in [1.807, 2.05) is 12.1 Å². The summed E-state index contributed by atoms with van der Waals surface area (Å²) in [5, 5.41) is 0.921. The van der Waals surface area contributed by atoms with Crippen LogP contribution in [0.15, 0.2) is 47.5 Å². The number of alkyl halides is 2. The van der Waals surface area contributed by atoms with Crippen LogP contribution >= 0.6 is 23.1 Å². The Morgan fingerprint density at radius 3 is 2.52 bits per heavy atom. The zero-order valence-electron chi connectivity index (χ0n) is 14.2. The number of thiazole rings is 1. The number of amides is 1. The number of piperazine rings is 1. The van der Waals surface area contributed by atoms with Crippen LogP contribution in [0.2, 0.25) is 0 Å². The highest BCUT2D eigenvalue weighted by atomic mass is 32.2. The Kier molecular flexibility index (Phi) is 5.22. The van der Waals surface area contributed by atoms with Gasteiger partial charge in [0.05, 0.1) is 0 Å². The molecule has 27 heavy (non-hydrogen) atoms. The monoisotopic (exact) mass is 406 g/mol. The molecule has 0 spiro atoms. The minimum absolute atomic E-state index is 0.0748. The number of nitrogens with zero attached hydrogens (tertiary/aromatic N) is 4. The fraction of sp³-hybridized carbons (Fsp3) is 0.278. The van der Waals surface area contributed by atoms with E-state index in [1.165, 1.54) is 0 Å². The Hall–Kier alpha value is -2.26. The molecule has 5 nitrogen and oxygen atoms in total. The molecule has 1 saturated heterocycles. The molecular formula is C18H16F2N4OS2. The number of aromatic nitrogens is 2. The summed E-state index contributed by atoms with van der Waals surface area (Å²) in [6.45, 7) is 2.58. The van der Waals surface area contributed by atoms with Gasteiger partial charge in [0.2, 0.25) is 0 Å². The van der Waals surface area contributed by atoms with Gasteiger partial charge < -0.3 is 9.80 Å². The van der Waals surface area contributed by atoms with Gasteiger partial charge in [0.15, 0.2) is 5.13 Å². The number of fused-ring (bicyclic) bond motifs is 1. The van der Waals surface area contributed by atoms with E-state index in [0.717, 1.165) is 15.5 Å². The Morgan fingerprint density at radius 2 is 1.85 bits per heavy atom. The second-order valence-electron chi connectivity index (χ2n) is 6.01. The van der Waals surface area contributed by atoms with Crippen LogP contribution in [-0.4, -0.2) is 52.7 Å². The number of hydrogen-bond acceptors (Lipinski definition) is 6. The highest BCUT2D eigenvalue weighted by Gasteiger charge is 2.24. The van der Waals surface area contributed by atoms with Gasteiger partial charge in [-0.2, -0.15) is 8.78 Å². The molecule has 0 saturated carbocycles. The Balaban J connectivity index is 1.39. The average Bonchev–Trinajstić information content (AvgIpc) is 3.12. The van der Waals surface area contributed by atoms with Gasteiger partial charge in [-0.05, 0) is 36.4 Å². The lowest BCUT2D eigenvalue weighted by atomic mass is 10.2. The number of pyridine rings is 1. The summed E-state index contributed by atoms with van der Waals surface area (Å²) >= 11 is 2.03. The maximum atomic E-state index is 12.6. The van der Waals surface area contributed by atoms with E-state index < -0.39 is 5.76 Å². The SMILES string of the molecule is O=C(c1ccc(SC(F)F)cc1)N1CCN(c2nc3cccnc3s2)CC1. The molecule has 0 unspecified atom stereocenters. The minimum atomic E-state index is -2.46. The zero-order chi connectivity index (χ0) is 18.8. The molecule has 4 rings (SSSR count). The summed E-state index contributed by atoms with van der Waals surface area (Å²) in [7, 11) is 0. The van der Waals surface area contributed by atoms with Crippen LogP contribution in [0.3, 0.4) is 0 Å². The largest absolute Gasteiger partial charge is 0.344 e. The average molecular weight is 406 g/mol. The molecule has 3 aromatic rings. The number of rotatable bonds is 4. The zero-order valence-corrected chi connectivity index (χ0v) is 15.8. The van der Waals surface area contributed by atoms with Crippen LogP contribution in [0.4, 0.5) is 13.9 Å². The van der Waals surface area contributed by atoms with Crippen molar-refractivity contribution in [3.05, 3.63) is 48.2 Å². The maximum Gasteiger partial charge on any atom is 0.288 e. The second-order valence-corrected chi connectivity index (χ2v) is 8.03. The number of carbonyl (C=O) groups excluding carboxylic acids is 1. The molecule has 0 radical (unpaired) electrons. The number of hydrogen-bond donors (Lipinski definition) is 0. The van der Waals surface area contributed by atoms with Crippen LogP contribution in [0, 0.1) is 0 Å². The normalized spacial score (nSPS) is 14.9. The van der Waals surface area contributed by atoms with Gasteiger partial charge in [-0.15, -0.1) is 0 Å². The first-order valence-electron chi connectivity index (χ1n) is 8.41.